The number of nitrogens with zero attached hydrogens (tertiary/aromatic N) is 3. The second-order valence-corrected chi connectivity index (χ2v) is 8.21. The van der Waals surface area contributed by atoms with Crippen molar-refractivity contribution in [1.82, 2.24) is 14.5 Å². The van der Waals surface area contributed by atoms with Crippen LogP contribution in [0.5, 0.6) is 11.5 Å². The highest BCUT2D eigenvalue weighted by molar-refractivity contribution is 7.09. The summed E-state index contributed by atoms with van der Waals surface area (Å²) >= 11 is 7.99. The largest absolute Gasteiger partial charge is 0.497 e. The summed E-state index contributed by atoms with van der Waals surface area (Å²) in [7, 11) is 3.06. The Morgan fingerprint density at radius 2 is 2.10 bits per heavy atom. The number of halogens is 1. The van der Waals surface area contributed by atoms with E-state index >= 15 is 0 Å². The number of anilines is 1. The Morgan fingerprint density at radius 1 is 1.23 bits per heavy atom. The monoisotopic (exact) mass is 456 g/mol. The molecular weight excluding hydrogens is 436 g/mol. The number of nitrogens with one attached hydrogen (secondary N) is 1. The molecule has 0 aliphatic rings. The number of methoxy groups -OCH3 is 2. The van der Waals surface area contributed by atoms with Crippen molar-refractivity contribution >= 4 is 45.7 Å². The molecule has 1 aromatic carbocycles. The minimum Gasteiger partial charge on any atom is -0.497 e. The molecule has 1 amide bonds. The molecule has 0 saturated heterocycles. The van der Waals surface area contributed by atoms with Crippen LogP contribution < -0.4 is 14.8 Å². The predicted octanol–water partition coefficient (Wildman–Crippen LogP) is 4.78. The third-order valence-electron chi connectivity index (χ3n) is 4.80. The van der Waals surface area contributed by atoms with Crippen molar-refractivity contribution in [2.45, 2.75) is 19.4 Å². The lowest BCUT2D eigenvalue weighted by atomic mass is 10.2. The average Bonchev–Trinajstić information content (AvgIpc) is 3.42. The van der Waals surface area contributed by atoms with Crippen molar-refractivity contribution < 1.29 is 14.3 Å². The van der Waals surface area contributed by atoms with E-state index in [9.17, 15) is 4.79 Å². The van der Waals surface area contributed by atoms with Crippen molar-refractivity contribution in [2.75, 3.05) is 19.5 Å². The zero-order valence-electron chi connectivity index (χ0n) is 17.1. The highest BCUT2D eigenvalue weighted by Crippen LogP contribution is 2.37. The van der Waals surface area contributed by atoms with Crippen LogP contribution in [-0.2, 0) is 17.8 Å². The van der Waals surface area contributed by atoms with Crippen molar-refractivity contribution in [3.05, 3.63) is 63.7 Å². The fourth-order valence-corrected chi connectivity index (χ4v) is 4.25. The van der Waals surface area contributed by atoms with E-state index < -0.39 is 0 Å². The van der Waals surface area contributed by atoms with Crippen LogP contribution in [0.1, 0.15) is 17.1 Å². The molecule has 0 spiro atoms. The summed E-state index contributed by atoms with van der Waals surface area (Å²) in [4.78, 5) is 23.1. The number of benzene rings is 1. The molecule has 31 heavy (non-hydrogen) atoms. The molecule has 9 heteroatoms. The first kappa shape index (κ1) is 21.1. The lowest BCUT2D eigenvalue weighted by molar-refractivity contribution is -0.116. The topological polar surface area (TPSA) is 78.3 Å². The van der Waals surface area contributed by atoms with Gasteiger partial charge in [-0.3, -0.25) is 4.79 Å². The first-order valence-corrected chi connectivity index (χ1v) is 10.9. The molecule has 3 heterocycles. The Labute approximate surface area is 188 Å². The number of aryl methyl sites for hydroxylation is 1. The lowest BCUT2D eigenvalue weighted by Crippen LogP contribution is -2.15. The highest BCUT2D eigenvalue weighted by atomic mass is 35.5. The molecular formula is C22H21ClN4O3S. The van der Waals surface area contributed by atoms with Gasteiger partial charge >= 0.3 is 0 Å². The first-order valence-electron chi connectivity index (χ1n) is 9.63. The third-order valence-corrected chi connectivity index (χ3v) is 5.96. The van der Waals surface area contributed by atoms with E-state index in [2.05, 4.69) is 20.9 Å². The number of carbonyl (C=O) groups is 1. The minimum absolute atomic E-state index is 0.187. The maximum atomic E-state index is 12.7. The molecule has 7 nitrogen and oxygen atoms in total. The van der Waals surface area contributed by atoms with Gasteiger partial charge in [0.1, 0.15) is 28.5 Å². The lowest BCUT2D eigenvalue weighted by Gasteiger charge is -2.14. The van der Waals surface area contributed by atoms with Gasteiger partial charge in [0.15, 0.2) is 5.65 Å². The minimum atomic E-state index is -0.187. The van der Waals surface area contributed by atoms with Gasteiger partial charge in [-0.05, 0) is 23.6 Å². The van der Waals surface area contributed by atoms with Gasteiger partial charge in [0, 0.05) is 36.0 Å². The van der Waals surface area contributed by atoms with Gasteiger partial charge in [-0.25, -0.2) is 9.97 Å². The molecule has 0 unspecified atom stereocenters. The van der Waals surface area contributed by atoms with Gasteiger partial charge in [-0.2, -0.15) is 0 Å². The van der Waals surface area contributed by atoms with Gasteiger partial charge in [0.25, 0.3) is 0 Å². The van der Waals surface area contributed by atoms with E-state index in [1.807, 2.05) is 23.6 Å². The Balaban J connectivity index is 1.52. The number of rotatable bonds is 8. The maximum Gasteiger partial charge on any atom is 0.224 e. The number of hydrogen-bond donors (Lipinski definition) is 1. The Morgan fingerprint density at radius 3 is 2.84 bits per heavy atom. The SMILES string of the molecule is COc1cc(Cl)c(NC(=O)CCc2nc3cccnc3n2Cc2cccs2)c(OC)c1. The summed E-state index contributed by atoms with van der Waals surface area (Å²) < 4.78 is 12.6. The molecule has 0 aliphatic carbocycles. The fraction of sp³-hybridized carbons (Fsp3) is 0.227. The van der Waals surface area contributed by atoms with E-state index in [0.717, 1.165) is 17.0 Å². The predicted molar refractivity (Wildman–Crippen MR) is 122 cm³/mol. The molecule has 0 atom stereocenters. The smallest absolute Gasteiger partial charge is 0.224 e. The fourth-order valence-electron chi connectivity index (χ4n) is 3.31. The first-order chi connectivity index (χ1) is 15.1. The van der Waals surface area contributed by atoms with Crippen LogP contribution in [0.2, 0.25) is 5.02 Å². The summed E-state index contributed by atoms with van der Waals surface area (Å²) in [5.41, 5.74) is 2.05. The zero-order chi connectivity index (χ0) is 21.8. The van der Waals surface area contributed by atoms with Crippen LogP contribution in [-0.4, -0.2) is 34.7 Å². The number of thiophene rings is 1. The van der Waals surface area contributed by atoms with Crippen LogP contribution in [0, 0.1) is 0 Å². The van der Waals surface area contributed by atoms with Gasteiger partial charge in [0.2, 0.25) is 5.91 Å². The van der Waals surface area contributed by atoms with E-state index in [-0.39, 0.29) is 12.3 Å². The van der Waals surface area contributed by atoms with Gasteiger partial charge in [0.05, 0.1) is 25.8 Å². The number of fused-ring (bicyclic) bond motifs is 1. The number of amides is 1. The molecule has 0 radical (unpaired) electrons. The Hall–Kier alpha value is -3.10. The second kappa shape index (κ2) is 9.36. The highest BCUT2D eigenvalue weighted by Gasteiger charge is 2.17. The van der Waals surface area contributed by atoms with Crippen molar-refractivity contribution in [3.8, 4) is 11.5 Å². The number of ether oxygens (including phenoxy) is 2. The second-order valence-electron chi connectivity index (χ2n) is 6.77. The summed E-state index contributed by atoms with van der Waals surface area (Å²) in [6.07, 6.45) is 2.45. The number of hydrogen-bond acceptors (Lipinski definition) is 6. The average molecular weight is 457 g/mol. The quantitative estimate of drug-likeness (QED) is 0.412. The standard InChI is InChI=1S/C22H21ClN4O3S/c1-29-14-11-16(23)21(18(12-14)30-2)26-20(28)8-7-19-25-17-6-3-9-24-22(17)27(19)13-15-5-4-10-31-15/h3-6,9-12H,7-8,13H2,1-2H3,(H,26,28). The Bertz CT molecular complexity index is 1210. The molecule has 4 rings (SSSR count). The molecule has 0 fully saturated rings. The van der Waals surface area contributed by atoms with E-state index in [1.165, 1.54) is 12.0 Å². The summed E-state index contributed by atoms with van der Waals surface area (Å²) in [6.45, 7) is 0.667. The van der Waals surface area contributed by atoms with Gasteiger partial charge in [-0.1, -0.05) is 17.7 Å². The van der Waals surface area contributed by atoms with Crippen molar-refractivity contribution in [2.24, 2.45) is 0 Å². The normalized spacial score (nSPS) is 10.9. The van der Waals surface area contributed by atoms with Crippen LogP contribution in [0.4, 0.5) is 5.69 Å². The molecule has 160 valence electrons. The summed E-state index contributed by atoms with van der Waals surface area (Å²) in [6, 6.07) is 11.2. The van der Waals surface area contributed by atoms with E-state index in [0.29, 0.717) is 35.2 Å². The summed E-state index contributed by atoms with van der Waals surface area (Å²) in [5, 5.41) is 5.24. The van der Waals surface area contributed by atoms with Crippen LogP contribution in [0.15, 0.2) is 48.0 Å². The molecule has 0 aliphatic heterocycles. The molecule has 0 saturated carbocycles. The van der Waals surface area contributed by atoms with Crippen molar-refractivity contribution in [1.29, 1.82) is 0 Å². The van der Waals surface area contributed by atoms with Gasteiger partial charge < -0.3 is 19.4 Å². The molecule has 4 aromatic rings. The third kappa shape index (κ3) is 4.65. The zero-order valence-corrected chi connectivity index (χ0v) is 18.7. The molecule has 1 N–H and O–H groups in total. The Kier molecular flexibility index (Phi) is 6.39. The van der Waals surface area contributed by atoms with Gasteiger partial charge in [-0.15, -0.1) is 11.3 Å². The maximum absolute atomic E-state index is 12.7. The number of imidazole rings is 1. The van der Waals surface area contributed by atoms with Crippen LogP contribution in [0.25, 0.3) is 11.2 Å². The molecule has 0 bridgehead atoms. The number of carbonyl (C=O) groups excluding carboxylic acids is 1. The van der Waals surface area contributed by atoms with E-state index in [1.54, 1.807) is 36.8 Å². The summed E-state index contributed by atoms with van der Waals surface area (Å²) in [5.74, 6) is 1.61. The number of aromatic nitrogens is 3. The van der Waals surface area contributed by atoms with Crippen molar-refractivity contribution in [3.63, 3.8) is 0 Å². The van der Waals surface area contributed by atoms with Crippen LogP contribution >= 0.6 is 22.9 Å². The van der Waals surface area contributed by atoms with E-state index in [4.69, 9.17) is 26.1 Å². The number of pyridine rings is 1. The molecule has 3 aromatic heterocycles. The van der Waals surface area contributed by atoms with Crippen LogP contribution in [0.3, 0.4) is 0 Å².